The summed E-state index contributed by atoms with van der Waals surface area (Å²) in [5.74, 6) is 0.807. The number of rotatable bonds is 1. The van der Waals surface area contributed by atoms with E-state index in [1.54, 1.807) is 4.90 Å². The lowest BCUT2D eigenvalue weighted by atomic mass is 9.75. The quantitative estimate of drug-likeness (QED) is 0.707. The van der Waals surface area contributed by atoms with Crippen LogP contribution in [0.15, 0.2) is 18.2 Å². The third-order valence-corrected chi connectivity index (χ3v) is 3.63. The fraction of sp³-hybridized carbons (Fsp3) is 0.588. The van der Waals surface area contributed by atoms with E-state index >= 15 is 0 Å². The minimum atomic E-state index is 0.0711. The van der Waals surface area contributed by atoms with Gasteiger partial charge in [-0.15, -0.1) is 0 Å². The highest BCUT2D eigenvalue weighted by Crippen LogP contribution is 2.36. The van der Waals surface area contributed by atoms with E-state index in [0.717, 1.165) is 5.75 Å². The molecule has 2 nitrogen and oxygen atoms in total. The molecule has 1 rings (SSSR count). The van der Waals surface area contributed by atoms with Gasteiger partial charge in [0.25, 0.3) is 5.17 Å². The fourth-order valence-electron chi connectivity index (χ4n) is 2.05. The molecule has 0 saturated heterocycles. The van der Waals surface area contributed by atoms with Gasteiger partial charge in [-0.05, 0) is 46.3 Å². The lowest BCUT2D eigenvalue weighted by Crippen LogP contribution is -2.26. The van der Waals surface area contributed by atoms with Gasteiger partial charge in [-0.2, -0.15) is 0 Å². The van der Waals surface area contributed by atoms with E-state index in [4.69, 9.17) is 17.0 Å². The maximum Gasteiger partial charge on any atom is 0.264 e. The summed E-state index contributed by atoms with van der Waals surface area (Å²) >= 11 is 5.21. The monoisotopic (exact) mass is 293 g/mol. The van der Waals surface area contributed by atoms with Crippen LogP contribution in [-0.2, 0) is 10.8 Å². The molecule has 0 bridgehead atoms. The van der Waals surface area contributed by atoms with Crippen LogP contribution in [0.3, 0.4) is 0 Å². The number of benzene rings is 1. The highest BCUT2D eigenvalue weighted by molar-refractivity contribution is 7.80. The Morgan fingerprint density at radius 3 is 1.85 bits per heavy atom. The summed E-state index contributed by atoms with van der Waals surface area (Å²) < 4.78 is 5.74. The summed E-state index contributed by atoms with van der Waals surface area (Å²) in [6, 6.07) is 6.29. The van der Waals surface area contributed by atoms with E-state index in [9.17, 15) is 0 Å². The average molecular weight is 293 g/mol. The Balaban J connectivity index is 3.26. The van der Waals surface area contributed by atoms with Crippen LogP contribution in [0.4, 0.5) is 0 Å². The molecule has 1 aromatic rings. The Bertz CT molecular complexity index is 493. The molecule has 1 aromatic carbocycles. The molecular formula is C17H27NOS. The third kappa shape index (κ3) is 4.20. The molecule has 112 valence electrons. The first-order chi connectivity index (χ1) is 8.93. The van der Waals surface area contributed by atoms with Crippen LogP contribution in [0.25, 0.3) is 0 Å². The second-order valence-electron chi connectivity index (χ2n) is 7.47. The molecule has 20 heavy (non-hydrogen) atoms. The highest BCUT2D eigenvalue weighted by Gasteiger charge is 2.25. The third-order valence-electron chi connectivity index (χ3n) is 3.18. The molecule has 0 saturated carbocycles. The average Bonchev–Trinajstić information content (AvgIpc) is 2.26. The first-order valence-electron chi connectivity index (χ1n) is 6.97. The van der Waals surface area contributed by atoms with Crippen LogP contribution in [0.1, 0.15) is 52.7 Å². The second-order valence-corrected chi connectivity index (χ2v) is 7.82. The van der Waals surface area contributed by atoms with Crippen molar-refractivity contribution in [2.24, 2.45) is 0 Å². The van der Waals surface area contributed by atoms with Crippen LogP contribution >= 0.6 is 12.2 Å². The Kier molecular flexibility index (Phi) is 4.86. The van der Waals surface area contributed by atoms with E-state index in [1.807, 2.05) is 20.2 Å². The number of hydrogen-bond donors (Lipinski definition) is 0. The zero-order valence-corrected chi connectivity index (χ0v) is 14.8. The van der Waals surface area contributed by atoms with Gasteiger partial charge in [0.1, 0.15) is 5.75 Å². The van der Waals surface area contributed by atoms with Crippen LogP contribution < -0.4 is 4.74 Å². The van der Waals surface area contributed by atoms with Crippen molar-refractivity contribution in [2.45, 2.75) is 52.4 Å². The topological polar surface area (TPSA) is 12.5 Å². The Labute approximate surface area is 129 Å². The fourth-order valence-corrected chi connectivity index (χ4v) is 2.15. The normalized spacial score (nSPS) is 12.2. The van der Waals surface area contributed by atoms with Crippen molar-refractivity contribution in [3.05, 3.63) is 29.3 Å². The van der Waals surface area contributed by atoms with Crippen LogP contribution in [0.2, 0.25) is 0 Å². The Morgan fingerprint density at radius 1 is 0.950 bits per heavy atom. The lowest BCUT2D eigenvalue weighted by molar-refractivity contribution is 0.445. The molecule has 0 spiro atoms. The summed E-state index contributed by atoms with van der Waals surface area (Å²) in [5.41, 5.74) is 2.85. The van der Waals surface area contributed by atoms with Crippen molar-refractivity contribution >= 4 is 17.4 Å². The lowest BCUT2D eigenvalue weighted by Gasteiger charge is -2.30. The van der Waals surface area contributed by atoms with Gasteiger partial charge in [0, 0.05) is 14.1 Å². The molecule has 0 aromatic heterocycles. The zero-order valence-electron chi connectivity index (χ0n) is 14.0. The summed E-state index contributed by atoms with van der Waals surface area (Å²) in [5, 5.41) is 0.480. The van der Waals surface area contributed by atoms with E-state index in [-0.39, 0.29) is 10.8 Å². The second kappa shape index (κ2) is 5.72. The van der Waals surface area contributed by atoms with Crippen LogP contribution in [-0.4, -0.2) is 24.2 Å². The minimum Gasteiger partial charge on any atom is -0.432 e. The molecule has 0 unspecified atom stereocenters. The van der Waals surface area contributed by atoms with E-state index < -0.39 is 0 Å². The standard InChI is InChI=1S/C17H27NOS/c1-16(2,3)13-10-9-12(19-15(20)18(7)8)11-14(13)17(4,5)6/h9-11H,1-8H3. The van der Waals surface area contributed by atoms with Gasteiger partial charge in [-0.1, -0.05) is 47.6 Å². The molecule has 0 aliphatic rings. The van der Waals surface area contributed by atoms with Crippen molar-refractivity contribution in [3.8, 4) is 5.75 Å². The number of thiocarbonyl (C=S) groups is 1. The largest absolute Gasteiger partial charge is 0.432 e. The maximum atomic E-state index is 5.74. The molecule has 0 atom stereocenters. The molecule has 0 fully saturated rings. The van der Waals surface area contributed by atoms with Gasteiger partial charge in [-0.25, -0.2) is 0 Å². The van der Waals surface area contributed by atoms with Crippen LogP contribution in [0, 0.1) is 0 Å². The van der Waals surface area contributed by atoms with Crippen molar-refractivity contribution in [1.82, 2.24) is 4.90 Å². The van der Waals surface area contributed by atoms with Gasteiger partial charge in [0.05, 0.1) is 0 Å². The van der Waals surface area contributed by atoms with Crippen LogP contribution in [0.5, 0.6) is 5.75 Å². The maximum absolute atomic E-state index is 5.74. The predicted octanol–water partition coefficient (Wildman–Crippen LogP) is 4.51. The summed E-state index contributed by atoms with van der Waals surface area (Å²) in [6.07, 6.45) is 0. The minimum absolute atomic E-state index is 0.0711. The summed E-state index contributed by atoms with van der Waals surface area (Å²) in [6.45, 7) is 13.4. The summed E-state index contributed by atoms with van der Waals surface area (Å²) in [7, 11) is 3.77. The van der Waals surface area contributed by atoms with Crippen molar-refractivity contribution in [3.63, 3.8) is 0 Å². The zero-order chi connectivity index (χ0) is 15.7. The van der Waals surface area contributed by atoms with Crippen molar-refractivity contribution < 1.29 is 4.74 Å². The predicted molar refractivity (Wildman–Crippen MR) is 90.8 cm³/mol. The first-order valence-corrected chi connectivity index (χ1v) is 7.38. The van der Waals surface area contributed by atoms with Gasteiger partial charge >= 0.3 is 0 Å². The molecule has 0 heterocycles. The van der Waals surface area contributed by atoms with Crippen molar-refractivity contribution in [2.75, 3.05) is 14.1 Å². The van der Waals surface area contributed by atoms with E-state index in [2.05, 4.69) is 53.7 Å². The van der Waals surface area contributed by atoms with Gasteiger partial charge in [0.2, 0.25) is 0 Å². The SMILES string of the molecule is CN(C)C(=S)Oc1ccc(C(C)(C)C)c(C(C)(C)C)c1. The smallest absolute Gasteiger partial charge is 0.264 e. The first kappa shape index (κ1) is 17.0. The Hall–Kier alpha value is -1.09. The molecule has 0 N–H and O–H groups in total. The number of hydrogen-bond acceptors (Lipinski definition) is 2. The Morgan fingerprint density at radius 2 is 1.45 bits per heavy atom. The molecular weight excluding hydrogens is 266 g/mol. The molecule has 0 radical (unpaired) electrons. The number of ether oxygens (including phenoxy) is 1. The summed E-state index contributed by atoms with van der Waals surface area (Å²) in [4.78, 5) is 1.80. The molecule has 0 amide bonds. The molecule has 0 aliphatic heterocycles. The van der Waals surface area contributed by atoms with Gasteiger partial charge in [-0.3, -0.25) is 0 Å². The van der Waals surface area contributed by atoms with Gasteiger partial charge < -0.3 is 9.64 Å². The van der Waals surface area contributed by atoms with Crippen molar-refractivity contribution in [1.29, 1.82) is 0 Å². The molecule has 3 heteroatoms. The number of nitrogens with zero attached hydrogens (tertiary/aromatic N) is 1. The highest BCUT2D eigenvalue weighted by atomic mass is 32.1. The van der Waals surface area contributed by atoms with E-state index in [0.29, 0.717) is 5.17 Å². The van der Waals surface area contributed by atoms with E-state index in [1.165, 1.54) is 11.1 Å². The molecule has 0 aliphatic carbocycles. The van der Waals surface area contributed by atoms with Gasteiger partial charge in [0.15, 0.2) is 0 Å².